The van der Waals surface area contributed by atoms with Crippen LogP contribution in [0.5, 0.6) is 0 Å². The van der Waals surface area contributed by atoms with Crippen LogP contribution in [0, 0.1) is 0 Å². The molecule has 0 saturated carbocycles. The molecule has 6 nitrogen and oxygen atoms in total. The second-order valence-corrected chi connectivity index (χ2v) is 9.37. The zero-order valence-corrected chi connectivity index (χ0v) is 22.9. The minimum Gasteiger partial charge on any atom is -0.365 e. The van der Waals surface area contributed by atoms with E-state index in [2.05, 4.69) is 61.5 Å². The van der Waals surface area contributed by atoms with Gasteiger partial charge in [-0.05, 0) is 43.7 Å². The molecular weight excluding hydrogens is 408 g/mol. The number of hydrogen-bond donors (Lipinski definition) is 0. The summed E-state index contributed by atoms with van der Waals surface area (Å²) in [5.74, 6) is 2.12. The second kappa shape index (κ2) is 18.8. The van der Waals surface area contributed by atoms with E-state index in [1.54, 1.807) is 0 Å². The Morgan fingerprint density at radius 2 is 0.697 bits per heavy atom. The van der Waals surface area contributed by atoms with E-state index in [1.165, 1.54) is 82.7 Å². The van der Waals surface area contributed by atoms with Gasteiger partial charge in [0.1, 0.15) is 5.69 Å². The van der Waals surface area contributed by atoms with Crippen LogP contribution in [0.25, 0.3) is 0 Å². The van der Waals surface area contributed by atoms with E-state index in [4.69, 9.17) is 10.2 Å². The van der Waals surface area contributed by atoms with Crippen molar-refractivity contribution >= 4 is 17.3 Å². The van der Waals surface area contributed by atoms with Gasteiger partial charge in [0, 0.05) is 39.3 Å². The first kappa shape index (κ1) is 29.4. The Labute approximate surface area is 205 Å². The Balaban J connectivity index is 3.57. The van der Waals surface area contributed by atoms with Crippen molar-refractivity contribution in [3.05, 3.63) is 0 Å². The minimum absolute atomic E-state index is 1.04. The zero-order chi connectivity index (χ0) is 24.3. The molecule has 0 atom stereocenters. The summed E-state index contributed by atoms with van der Waals surface area (Å²) in [5, 5.41) is 13.8. The van der Waals surface area contributed by atoms with Crippen LogP contribution in [-0.2, 0) is 0 Å². The highest BCUT2D eigenvalue weighted by Crippen LogP contribution is 2.36. The molecular formula is C27H54N6. The molecule has 33 heavy (non-hydrogen) atoms. The Morgan fingerprint density at radius 3 is 0.970 bits per heavy atom. The fourth-order valence-corrected chi connectivity index (χ4v) is 4.09. The maximum absolute atomic E-state index is 4.72. The van der Waals surface area contributed by atoms with Crippen molar-refractivity contribution in [1.82, 2.24) is 15.4 Å². The van der Waals surface area contributed by atoms with Crippen LogP contribution in [0.4, 0.5) is 17.3 Å². The number of anilines is 3. The lowest BCUT2D eigenvalue weighted by atomic mass is 10.2. The van der Waals surface area contributed by atoms with E-state index in [9.17, 15) is 0 Å². The maximum Gasteiger partial charge on any atom is 0.180 e. The summed E-state index contributed by atoms with van der Waals surface area (Å²) in [5.41, 5.74) is 1.24. The SMILES string of the molecule is CCCCN(CCCC)c1nnnc(N(CCCC)CCCC)c1N(CCCC)CCCC. The van der Waals surface area contributed by atoms with E-state index >= 15 is 0 Å². The third kappa shape index (κ3) is 10.5. The molecule has 0 radical (unpaired) electrons. The van der Waals surface area contributed by atoms with Gasteiger partial charge in [-0.25, -0.2) is 0 Å². The molecule has 0 aliphatic heterocycles. The van der Waals surface area contributed by atoms with Gasteiger partial charge in [-0.2, -0.15) is 0 Å². The highest BCUT2D eigenvalue weighted by molar-refractivity contribution is 5.79. The van der Waals surface area contributed by atoms with Crippen molar-refractivity contribution < 1.29 is 0 Å². The van der Waals surface area contributed by atoms with Gasteiger partial charge in [0.05, 0.1) is 0 Å². The van der Waals surface area contributed by atoms with Crippen molar-refractivity contribution in [1.29, 1.82) is 0 Å². The molecule has 1 heterocycles. The quantitative estimate of drug-likeness (QED) is 0.194. The molecule has 1 rings (SSSR count). The Hall–Kier alpha value is -1.59. The predicted octanol–water partition coefficient (Wildman–Crippen LogP) is 7.09. The molecule has 1 aromatic rings. The normalized spacial score (nSPS) is 11.1. The molecule has 6 heteroatoms. The molecule has 0 fully saturated rings. The van der Waals surface area contributed by atoms with Gasteiger partial charge in [0.25, 0.3) is 0 Å². The summed E-state index contributed by atoms with van der Waals surface area (Å²) in [6.07, 6.45) is 14.3. The Bertz CT molecular complexity index is 532. The summed E-state index contributed by atoms with van der Waals surface area (Å²) >= 11 is 0. The van der Waals surface area contributed by atoms with Gasteiger partial charge in [0.2, 0.25) is 0 Å². The predicted molar refractivity (Wildman–Crippen MR) is 146 cm³/mol. The van der Waals surface area contributed by atoms with E-state index in [1.807, 2.05) is 0 Å². The van der Waals surface area contributed by atoms with E-state index < -0.39 is 0 Å². The summed E-state index contributed by atoms with van der Waals surface area (Å²) in [4.78, 5) is 7.60. The molecule has 0 unspecified atom stereocenters. The van der Waals surface area contributed by atoms with Crippen molar-refractivity contribution in [2.45, 2.75) is 119 Å². The number of aromatic nitrogens is 3. The number of nitrogens with zero attached hydrogens (tertiary/aromatic N) is 6. The molecule has 0 amide bonds. The monoisotopic (exact) mass is 462 g/mol. The van der Waals surface area contributed by atoms with Crippen LogP contribution < -0.4 is 14.7 Å². The fraction of sp³-hybridized carbons (Fsp3) is 0.889. The van der Waals surface area contributed by atoms with Gasteiger partial charge >= 0.3 is 0 Å². The smallest absolute Gasteiger partial charge is 0.180 e. The summed E-state index contributed by atoms with van der Waals surface area (Å²) in [6.45, 7) is 20.0. The maximum atomic E-state index is 4.72. The minimum atomic E-state index is 1.04. The van der Waals surface area contributed by atoms with E-state index in [0.717, 1.165) is 50.9 Å². The largest absolute Gasteiger partial charge is 0.365 e. The number of rotatable bonds is 21. The molecule has 192 valence electrons. The number of unbranched alkanes of at least 4 members (excludes halogenated alkanes) is 6. The average molecular weight is 463 g/mol. The van der Waals surface area contributed by atoms with Crippen molar-refractivity contribution in [3.63, 3.8) is 0 Å². The van der Waals surface area contributed by atoms with Crippen molar-refractivity contribution in [2.24, 2.45) is 0 Å². The van der Waals surface area contributed by atoms with Crippen LogP contribution in [0.15, 0.2) is 0 Å². The van der Waals surface area contributed by atoms with Gasteiger partial charge in [-0.3, -0.25) is 0 Å². The molecule has 0 aromatic carbocycles. The highest BCUT2D eigenvalue weighted by Gasteiger charge is 2.26. The summed E-state index contributed by atoms with van der Waals surface area (Å²) in [7, 11) is 0. The topological polar surface area (TPSA) is 48.4 Å². The molecule has 0 bridgehead atoms. The van der Waals surface area contributed by atoms with E-state index in [0.29, 0.717) is 0 Å². The lowest BCUT2D eigenvalue weighted by Gasteiger charge is -2.35. The van der Waals surface area contributed by atoms with Gasteiger partial charge in [-0.1, -0.05) is 80.1 Å². The Kier molecular flexibility index (Phi) is 16.8. The van der Waals surface area contributed by atoms with Crippen LogP contribution in [-0.4, -0.2) is 54.7 Å². The third-order valence-electron chi connectivity index (χ3n) is 6.31. The fourth-order valence-electron chi connectivity index (χ4n) is 4.09. The van der Waals surface area contributed by atoms with Crippen molar-refractivity contribution in [3.8, 4) is 0 Å². The second-order valence-electron chi connectivity index (χ2n) is 9.37. The van der Waals surface area contributed by atoms with Crippen LogP contribution in [0.1, 0.15) is 119 Å². The molecule has 0 aliphatic carbocycles. The lowest BCUT2D eigenvalue weighted by Crippen LogP contribution is -2.36. The van der Waals surface area contributed by atoms with Crippen molar-refractivity contribution in [2.75, 3.05) is 54.0 Å². The molecule has 0 spiro atoms. The average Bonchev–Trinajstić information content (AvgIpc) is 2.84. The molecule has 0 N–H and O–H groups in total. The first-order valence-electron chi connectivity index (χ1n) is 14.2. The summed E-state index contributed by atoms with van der Waals surface area (Å²) in [6, 6.07) is 0. The first-order valence-corrected chi connectivity index (χ1v) is 14.2. The zero-order valence-electron chi connectivity index (χ0n) is 22.9. The molecule has 0 aliphatic rings. The van der Waals surface area contributed by atoms with Crippen LogP contribution in [0.3, 0.4) is 0 Å². The Morgan fingerprint density at radius 1 is 0.424 bits per heavy atom. The molecule has 0 saturated heterocycles. The third-order valence-corrected chi connectivity index (χ3v) is 6.31. The van der Waals surface area contributed by atoms with Crippen LogP contribution >= 0.6 is 0 Å². The van der Waals surface area contributed by atoms with E-state index in [-0.39, 0.29) is 0 Å². The lowest BCUT2D eigenvalue weighted by molar-refractivity contribution is 0.630. The highest BCUT2D eigenvalue weighted by atomic mass is 15.4. The first-order chi connectivity index (χ1) is 16.2. The molecule has 1 aromatic heterocycles. The van der Waals surface area contributed by atoms with Gasteiger partial charge in [-0.15, -0.1) is 10.2 Å². The standard InChI is InChI=1S/C27H54N6/c1-7-13-19-31(20-14-8-2)25-26(32(21-15-9-3)22-16-10-4)28-30-29-27(25)33(23-17-11-5)24-18-12-6/h7-24H2,1-6H3. The van der Waals surface area contributed by atoms with Gasteiger partial charge < -0.3 is 14.7 Å². The van der Waals surface area contributed by atoms with Gasteiger partial charge in [0.15, 0.2) is 11.6 Å². The van der Waals surface area contributed by atoms with Crippen LogP contribution in [0.2, 0.25) is 0 Å². The summed E-state index contributed by atoms with van der Waals surface area (Å²) < 4.78 is 0. The number of hydrogen-bond acceptors (Lipinski definition) is 6.